The van der Waals surface area contributed by atoms with E-state index in [4.69, 9.17) is 0 Å². The Morgan fingerprint density at radius 3 is 1.58 bits per heavy atom. The lowest BCUT2D eigenvalue weighted by molar-refractivity contribution is 0.569. The average Bonchev–Trinajstić information content (AvgIpc) is 3.68. The third-order valence-electron chi connectivity index (χ3n) is 12.4. The zero-order valence-electron chi connectivity index (χ0n) is 36.4. The number of anilines is 3. The first-order valence-electron chi connectivity index (χ1n) is 21.8. The minimum Gasteiger partial charge on any atom is -0.309 e. The zero-order chi connectivity index (χ0) is 42.6. The molecular formula is C60H51NS. The molecule has 0 N–H and O–H groups in total. The smallest absolute Gasteiger partial charge is 0.0540 e. The topological polar surface area (TPSA) is 3.24 Å². The van der Waals surface area contributed by atoms with Crippen LogP contribution in [0.2, 0.25) is 0 Å². The minimum absolute atomic E-state index is 0.0246. The number of hydrogen-bond donors (Lipinski definition) is 0. The minimum atomic E-state index is -0.0246. The Labute approximate surface area is 370 Å². The molecular weight excluding hydrogens is 767 g/mol. The van der Waals surface area contributed by atoms with E-state index in [-0.39, 0.29) is 10.8 Å². The summed E-state index contributed by atoms with van der Waals surface area (Å²) < 4.78 is 2.62. The van der Waals surface area contributed by atoms with Crippen molar-refractivity contribution < 1.29 is 0 Å². The van der Waals surface area contributed by atoms with Gasteiger partial charge in [0.15, 0.2) is 0 Å². The van der Waals surface area contributed by atoms with E-state index in [2.05, 4.69) is 247 Å². The van der Waals surface area contributed by atoms with Crippen LogP contribution in [0.25, 0.3) is 75.5 Å². The summed E-state index contributed by atoms with van der Waals surface area (Å²) in [4.78, 5) is 2.52. The third-order valence-corrected chi connectivity index (χ3v) is 13.5. The SMILES string of the molecule is CC(C)(C)c1cc(-c2ccccc2N(c2cccc(-c3cccc4sc5ccccc5c34)c2)c2ccccc2-c2cccc3cccc(-c4ccccc4)c23)cc(C(C)(C)C)c1. The molecule has 10 aromatic rings. The summed E-state index contributed by atoms with van der Waals surface area (Å²) in [5.74, 6) is 0. The second kappa shape index (κ2) is 15.6. The predicted molar refractivity (Wildman–Crippen MR) is 271 cm³/mol. The van der Waals surface area contributed by atoms with Gasteiger partial charge in [0.25, 0.3) is 0 Å². The van der Waals surface area contributed by atoms with Gasteiger partial charge in [0.2, 0.25) is 0 Å². The number of nitrogens with zero attached hydrogens (tertiary/aromatic N) is 1. The van der Waals surface area contributed by atoms with Gasteiger partial charge in [-0.1, -0.05) is 205 Å². The highest BCUT2D eigenvalue weighted by atomic mass is 32.1. The van der Waals surface area contributed by atoms with Gasteiger partial charge in [0.1, 0.15) is 0 Å². The Hall–Kier alpha value is -6.74. The van der Waals surface area contributed by atoms with E-state index in [0.717, 1.165) is 17.1 Å². The fourth-order valence-corrected chi connectivity index (χ4v) is 10.2. The number of hydrogen-bond acceptors (Lipinski definition) is 2. The van der Waals surface area contributed by atoms with Crippen LogP contribution in [0.4, 0.5) is 17.1 Å². The summed E-state index contributed by atoms with van der Waals surface area (Å²) in [5, 5.41) is 5.09. The summed E-state index contributed by atoms with van der Waals surface area (Å²) in [6.45, 7) is 13.9. The van der Waals surface area contributed by atoms with Crippen molar-refractivity contribution in [1.82, 2.24) is 0 Å². The Balaban J connectivity index is 1.26. The van der Waals surface area contributed by atoms with E-state index in [9.17, 15) is 0 Å². The third kappa shape index (κ3) is 7.19. The highest BCUT2D eigenvalue weighted by Gasteiger charge is 2.26. The standard InChI is InChI=1S/C60H51NS/c1-59(2,3)44-36-43(37-45(39-44)60(4,5)6)47-26-10-13-32-53(47)61(46-25-16-24-42(38-46)49-30-19-35-56-58(49)52-28-12-15-34-55(52)62-56)54-33-14-11-27-50(54)51-31-18-23-41-22-17-29-48(57(41)51)40-20-8-7-9-21-40/h7-39H,1-6H3. The zero-order valence-corrected chi connectivity index (χ0v) is 37.2. The summed E-state index contributed by atoms with van der Waals surface area (Å²) in [5.41, 5.74) is 15.7. The van der Waals surface area contributed by atoms with Crippen molar-refractivity contribution >= 4 is 59.3 Å². The van der Waals surface area contributed by atoms with Crippen LogP contribution in [0.15, 0.2) is 200 Å². The van der Waals surface area contributed by atoms with Crippen molar-refractivity contribution in [2.24, 2.45) is 0 Å². The fourth-order valence-electron chi connectivity index (χ4n) is 9.12. The highest BCUT2D eigenvalue weighted by Crippen LogP contribution is 2.49. The second-order valence-corrected chi connectivity index (χ2v) is 19.7. The van der Waals surface area contributed by atoms with Gasteiger partial charge in [-0.15, -0.1) is 11.3 Å². The molecule has 0 aliphatic heterocycles. The fraction of sp³-hybridized carbons (Fsp3) is 0.133. The molecule has 0 amide bonds. The van der Waals surface area contributed by atoms with E-state index in [1.165, 1.54) is 86.6 Å². The van der Waals surface area contributed by atoms with Crippen LogP contribution in [0, 0.1) is 0 Å². The lowest BCUT2D eigenvalue weighted by atomic mass is 9.78. The molecule has 0 atom stereocenters. The van der Waals surface area contributed by atoms with Crippen molar-refractivity contribution in [3.8, 4) is 44.5 Å². The average molecular weight is 818 g/mol. The molecule has 62 heavy (non-hydrogen) atoms. The number of para-hydroxylation sites is 2. The Morgan fingerprint density at radius 1 is 0.355 bits per heavy atom. The molecule has 1 heterocycles. The van der Waals surface area contributed by atoms with Crippen molar-refractivity contribution in [3.05, 3.63) is 211 Å². The molecule has 0 radical (unpaired) electrons. The quantitative estimate of drug-likeness (QED) is 0.155. The molecule has 10 rings (SSSR count). The van der Waals surface area contributed by atoms with E-state index in [1.54, 1.807) is 0 Å². The molecule has 0 saturated heterocycles. The molecule has 9 aromatic carbocycles. The highest BCUT2D eigenvalue weighted by molar-refractivity contribution is 7.25. The molecule has 1 aromatic heterocycles. The van der Waals surface area contributed by atoms with E-state index < -0.39 is 0 Å². The van der Waals surface area contributed by atoms with Gasteiger partial charge in [-0.3, -0.25) is 0 Å². The maximum absolute atomic E-state index is 2.52. The van der Waals surface area contributed by atoms with E-state index in [0.29, 0.717) is 0 Å². The second-order valence-electron chi connectivity index (χ2n) is 18.6. The lowest BCUT2D eigenvalue weighted by Gasteiger charge is -2.31. The predicted octanol–water partition coefficient (Wildman–Crippen LogP) is 17.9. The van der Waals surface area contributed by atoms with E-state index >= 15 is 0 Å². The molecule has 0 fully saturated rings. The molecule has 0 aliphatic rings. The van der Waals surface area contributed by atoms with E-state index in [1.807, 2.05) is 11.3 Å². The Kier molecular flexibility index (Phi) is 9.93. The van der Waals surface area contributed by atoms with Gasteiger partial charge in [-0.25, -0.2) is 0 Å². The van der Waals surface area contributed by atoms with Gasteiger partial charge in [0.05, 0.1) is 11.4 Å². The first-order chi connectivity index (χ1) is 30.0. The van der Waals surface area contributed by atoms with Crippen molar-refractivity contribution in [1.29, 1.82) is 0 Å². The largest absolute Gasteiger partial charge is 0.309 e. The summed E-state index contributed by atoms with van der Waals surface area (Å²) in [6.07, 6.45) is 0. The molecule has 0 bridgehead atoms. The molecule has 1 nitrogen and oxygen atoms in total. The van der Waals surface area contributed by atoms with Crippen LogP contribution in [-0.2, 0) is 10.8 Å². The van der Waals surface area contributed by atoms with Crippen LogP contribution < -0.4 is 4.90 Å². The van der Waals surface area contributed by atoms with Gasteiger partial charge >= 0.3 is 0 Å². The van der Waals surface area contributed by atoms with Gasteiger partial charge in [0, 0.05) is 37.0 Å². The maximum Gasteiger partial charge on any atom is 0.0540 e. The van der Waals surface area contributed by atoms with Gasteiger partial charge < -0.3 is 4.90 Å². The first kappa shape index (κ1) is 39.4. The normalized spacial score (nSPS) is 12.0. The number of thiophene rings is 1. The number of rotatable bonds is 7. The maximum atomic E-state index is 2.52. The first-order valence-corrected chi connectivity index (χ1v) is 22.6. The summed E-state index contributed by atoms with van der Waals surface area (Å²) >= 11 is 1.87. The molecule has 302 valence electrons. The van der Waals surface area contributed by atoms with Gasteiger partial charge in [-0.05, 0) is 103 Å². The molecule has 0 unspecified atom stereocenters. The van der Waals surface area contributed by atoms with Crippen molar-refractivity contribution in [2.75, 3.05) is 4.90 Å². The molecule has 0 spiro atoms. The van der Waals surface area contributed by atoms with Crippen LogP contribution >= 0.6 is 11.3 Å². The monoisotopic (exact) mass is 817 g/mol. The van der Waals surface area contributed by atoms with Crippen LogP contribution in [-0.4, -0.2) is 0 Å². The number of fused-ring (bicyclic) bond motifs is 4. The van der Waals surface area contributed by atoms with Crippen LogP contribution in [0.1, 0.15) is 52.7 Å². The lowest BCUT2D eigenvalue weighted by Crippen LogP contribution is -2.17. The van der Waals surface area contributed by atoms with Crippen LogP contribution in [0.3, 0.4) is 0 Å². The molecule has 0 saturated carbocycles. The molecule has 0 aliphatic carbocycles. The van der Waals surface area contributed by atoms with Gasteiger partial charge in [-0.2, -0.15) is 0 Å². The summed E-state index contributed by atoms with van der Waals surface area (Å²) in [7, 11) is 0. The van der Waals surface area contributed by atoms with Crippen LogP contribution in [0.5, 0.6) is 0 Å². The Morgan fingerprint density at radius 2 is 0.871 bits per heavy atom. The van der Waals surface area contributed by atoms with Crippen molar-refractivity contribution in [2.45, 2.75) is 52.4 Å². The molecule has 2 heteroatoms. The van der Waals surface area contributed by atoms with Crippen molar-refractivity contribution in [3.63, 3.8) is 0 Å². The Bertz CT molecular complexity index is 3230. The summed E-state index contributed by atoms with van der Waals surface area (Å²) in [6, 6.07) is 74.3. The number of benzene rings is 9.